The lowest BCUT2D eigenvalue weighted by atomic mass is 10.1. The molecule has 0 bridgehead atoms. The highest BCUT2D eigenvalue weighted by molar-refractivity contribution is 7.12. The van der Waals surface area contributed by atoms with Gasteiger partial charge in [0.25, 0.3) is 5.91 Å². The maximum Gasteiger partial charge on any atom is 0.443 e. The van der Waals surface area contributed by atoms with Crippen LogP contribution in [0.3, 0.4) is 0 Å². The number of halogens is 5. The summed E-state index contributed by atoms with van der Waals surface area (Å²) in [5.74, 6) is -2.97. The maximum absolute atomic E-state index is 13.6. The molecule has 0 saturated heterocycles. The molecule has 0 aliphatic rings. The first-order valence-electron chi connectivity index (χ1n) is 7.57. The van der Waals surface area contributed by atoms with Crippen molar-refractivity contribution in [2.75, 3.05) is 5.32 Å². The molecule has 140 valence electrons. The molecule has 0 saturated carbocycles. The monoisotopic (exact) mass is 398 g/mol. The summed E-state index contributed by atoms with van der Waals surface area (Å²) < 4.78 is 65.6. The van der Waals surface area contributed by atoms with Crippen molar-refractivity contribution in [3.05, 3.63) is 69.5 Å². The van der Waals surface area contributed by atoms with Gasteiger partial charge in [-0.05, 0) is 31.2 Å². The molecule has 2 aromatic carbocycles. The van der Waals surface area contributed by atoms with Gasteiger partial charge in [0.2, 0.25) is 0 Å². The van der Waals surface area contributed by atoms with E-state index in [1.54, 1.807) is 0 Å². The number of hydrogen-bond acceptors (Lipinski definition) is 3. The van der Waals surface area contributed by atoms with E-state index in [0.717, 1.165) is 18.2 Å². The van der Waals surface area contributed by atoms with Crippen molar-refractivity contribution < 1.29 is 26.7 Å². The molecular formula is C18H11F5N2OS. The van der Waals surface area contributed by atoms with Crippen LogP contribution >= 0.6 is 11.3 Å². The number of amides is 1. The zero-order valence-electron chi connectivity index (χ0n) is 13.7. The number of thiazole rings is 1. The number of nitrogens with zero attached hydrogens (tertiary/aromatic N) is 1. The van der Waals surface area contributed by atoms with E-state index in [-0.39, 0.29) is 11.4 Å². The lowest BCUT2D eigenvalue weighted by Gasteiger charge is -2.08. The van der Waals surface area contributed by atoms with Crippen molar-refractivity contribution in [2.45, 2.75) is 13.1 Å². The molecule has 0 unspecified atom stereocenters. The summed E-state index contributed by atoms with van der Waals surface area (Å²) in [5.41, 5.74) is 0.127. The van der Waals surface area contributed by atoms with Crippen LogP contribution in [-0.2, 0) is 6.18 Å². The van der Waals surface area contributed by atoms with E-state index < -0.39 is 34.3 Å². The zero-order chi connectivity index (χ0) is 19.8. The Balaban J connectivity index is 1.82. The van der Waals surface area contributed by atoms with E-state index in [4.69, 9.17) is 0 Å². The zero-order valence-corrected chi connectivity index (χ0v) is 14.5. The summed E-state index contributed by atoms with van der Waals surface area (Å²) in [5, 5.41) is 1.40. The number of nitrogens with one attached hydrogen (secondary N) is 1. The standard InChI is InChI=1S/C18H11F5N2OS/c1-9-15(25-17(27-9)18(21,22)23)10-5-7-11(8-6-10)24-16(26)14-12(19)3-2-4-13(14)20/h2-8H,1H3,(H,24,26). The third kappa shape index (κ3) is 3.97. The van der Waals surface area contributed by atoms with Crippen LogP contribution < -0.4 is 5.32 Å². The number of rotatable bonds is 3. The van der Waals surface area contributed by atoms with Crippen LogP contribution in [0.25, 0.3) is 11.3 Å². The van der Waals surface area contributed by atoms with Gasteiger partial charge in [0.05, 0.1) is 5.69 Å². The Kier molecular flexibility index (Phi) is 4.97. The van der Waals surface area contributed by atoms with Gasteiger partial charge >= 0.3 is 6.18 Å². The number of benzene rings is 2. The number of aromatic nitrogens is 1. The molecule has 9 heteroatoms. The van der Waals surface area contributed by atoms with Gasteiger partial charge in [-0.15, -0.1) is 11.3 Å². The third-order valence-corrected chi connectivity index (χ3v) is 4.66. The molecule has 0 aliphatic carbocycles. The molecule has 1 N–H and O–H groups in total. The van der Waals surface area contributed by atoms with Crippen LogP contribution in [0.4, 0.5) is 27.6 Å². The van der Waals surface area contributed by atoms with Gasteiger partial charge < -0.3 is 5.32 Å². The molecule has 3 nitrogen and oxygen atoms in total. The molecule has 1 heterocycles. The van der Waals surface area contributed by atoms with Gasteiger partial charge in [0.15, 0.2) is 5.01 Å². The first-order valence-corrected chi connectivity index (χ1v) is 8.39. The van der Waals surface area contributed by atoms with E-state index in [0.29, 0.717) is 21.8 Å². The van der Waals surface area contributed by atoms with Gasteiger partial charge in [-0.3, -0.25) is 4.79 Å². The van der Waals surface area contributed by atoms with E-state index >= 15 is 0 Å². The Labute approximate surface area is 154 Å². The first kappa shape index (κ1) is 19.0. The normalized spacial score (nSPS) is 11.5. The van der Waals surface area contributed by atoms with Crippen molar-refractivity contribution in [1.29, 1.82) is 0 Å². The summed E-state index contributed by atoms with van der Waals surface area (Å²) in [4.78, 5) is 16.1. The molecule has 1 amide bonds. The van der Waals surface area contributed by atoms with Crippen LogP contribution in [0.1, 0.15) is 20.2 Å². The first-order chi connectivity index (χ1) is 12.7. The van der Waals surface area contributed by atoms with E-state index in [1.165, 1.54) is 31.2 Å². The molecule has 3 aromatic rings. The van der Waals surface area contributed by atoms with Crippen LogP contribution in [0.15, 0.2) is 42.5 Å². The van der Waals surface area contributed by atoms with Crippen molar-refractivity contribution >= 4 is 22.9 Å². The summed E-state index contributed by atoms with van der Waals surface area (Å²) in [7, 11) is 0. The molecular weight excluding hydrogens is 387 g/mol. The summed E-state index contributed by atoms with van der Waals surface area (Å²) in [6.45, 7) is 1.53. The van der Waals surface area contributed by atoms with Crippen LogP contribution in [-0.4, -0.2) is 10.9 Å². The number of anilines is 1. The van der Waals surface area contributed by atoms with Gasteiger partial charge in [-0.2, -0.15) is 13.2 Å². The average Bonchev–Trinajstić information content (AvgIpc) is 2.97. The Morgan fingerprint density at radius 1 is 1.04 bits per heavy atom. The fourth-order valence-corrected chi connectivity index (χ4v) is 3.21. The highest BCUT2D eigenvalue weighted by Crippen LogP contribution is 2.37. The maximum atomic E-state index is 13.6. The van der Waals surface area contributed by atoms with E-state index in [9.17, 15) is 26.7 Å². The summed E-state index contributed by atoms with van der Waals surface area (Å²) in [6.07, 6.45) is -4.52. The van der Waals surface area contributed by atoms with Crippen molar-refractivity contribution in [3.63, 3.8) is 0 Å². The van der Waals surface area contributed by atoms with Gasteiger partial charge in [0.1, 0.15) is 17.2 Å². The molecule has 0 spiro atoms. The third-order valence-electron chi connectivity index (χ3n) is 3.65. The lowest BCUT2D eigenvalue weighted by molar-refractivity contribution is -0.137. The van der Waals surface area contributed by atoms with Crippen molar-refractivity contribution in [3.8, 4) is 11.3 Å². The number of carbonyl (C=O) groups excluding carboxylic acids is 1. The molecule has 0 radical (unpaired) electrons. The minimum atomic E-state index is -4.52. The number of carbonyl (C=O) groups is 1. The second kappa shape index (κ2) is 7.07. The summed E-state index contributed by atoms with van der Waals surface area (Å²) >= 11 is 0.542. The molecule has 1 aromatic heterocycles. The molecule has 0 fully saturated rings. The summed E-state index contributed by atoms with van der Waals surface area (Å²) in [6, 6.07) is 8.83. The van der Waals surface area contributed by atoms with E-state index in [1.807, 2.05) is 0 Å². The number of aryl methyl sites for hydroxylation is 1. The predicted molar refractivity (Wildman–Crippen MR) is 91.6 cm³/mol. The van der Waals surface area contributed by atoms with Gasteiger partial charge in [-0.1, -0.05) is 18.2 Å². The highest BCUT2D eigenvalue weighted by atomic mass is 32.1. The lowest BCUT2D eigenvalue weighted by Crippen LogP contribution is -2.15. The van der Waals surface area contributed by atoms with Crippen molar-refractivity contribution in [1.82, 2.24) is 4.98 Å². The molecule has 0 aliphatic heterocycles. The highest BCUT2D eigenvalue weighted by Gasteiger charge is 2.35. The smallest absolute Gasteiger partial charge is 0.322 e. The Morgan fingerprint density at radius 3 is 2.15 bits per heavy atom. The quantitative estimate of drug-likeness (QED) is 0.578. The predicted octanol–water partition coefficient (Wildman–Crippen LogP) is 5.67. The minimum Gasteiger partial charge on any atom is -0.322 e. The van der Waals surface area contributed by atoms with Crippen molar-refractivity contribution in [2.24, 2.45) is 0 Å². The SMILES string of the molecule is Cc1sc(C(F)(F)F)nc1-c1ccc(NC(=O)c2c(F)cccc2F)cc1. The molecule has 3 rings (SSSR count). The largest absolute Gasteiger partial charge is 0.443 e. The van der Waals surface area contributed by atoms with E-state index in [2.05, 4.69) is 10.3 Å². The Hall–Kier alpha value is -2.81. The van der Waals surface area contributed by atoms with Crippen LogP contribution in [0.5, 0.6) is 0 Å². The van der Waals surface area contributed by atoms with Crippen LogP contribution in [0, 0.1) is 18.6 Å². The fraction of sp³-hybridized carbons (Fsp3) is 0.111. The van der Waals surface area contributed by atoms with Gasteiger partial charge in [0, 0.05) is 16.1 Å². The molecule has 0 atom stereocenters. The van der Waals surface area contributed by atoms with Gasteiger partial charge in [-0.25, -0.2) is 13.8 Å². The topological polar surface area (TPSA) is 42.0 Å². The fourth-order valence-electron chi connectivity index (χ4n) is 2.41. The second-order valence-electron chi connectivity index (χ2n) is 5.55. The average molecular weight is 398 g/mol. The van der Waals surface area contributed by atoms with Crippen LogP contribution in [0.2, 0.25) is 0 Å². The Morgan fingerprint density at radius 2 is 1.63 bits per heavy atom. The second-order valence-corrected chi connectivity index (χ2v) is 6.75. The Bertz CT molecular complexity index is 976. The number of alkyl halides is 3. The number of hydrogen-bond donors (Lipinski definition) is 1. The minimum absolute atomic E-state index is 0.186. The molecule has 27 heavy (non-hydrogen) atoms.